The first-order valence-electron chi connectivity index (χ1n) is 4.80. The average Bonchev–Trinajstić information content (AvgIpc) is 2.68. The van der Waals surface area contributed by atoms with Crippen molar-refractivity contribution in [2.24, 2.45) is 0 Å². The smallest absolute Gasteiger partial charge is 0.203 e. The Balaban J connectivity index is 2.66. The molecular weight excluding hydrogens is 208 g/mol. The molecule has 0 amide bonds. The number of furan rings is 1. The average molecular weight is 216 g/mol. The van der Waals surface area contributed by atoms with Gasteiger partial charge in [-0.1, -0.05) is 0 Å². The molecule has 0 atom stereocenters. The molecule has 0 saturated heterocycles. The topological polar surface area (TPSA) is 63.6 Å². The molecule has 4 nitrogen and oxygen atoms in total. The van der Waals surface area contributed by atoms with Crippen LogP contribution in [0.1, 0.15) is 5.76 Å². The summed E-state index contributed by atoms with van der Waals surface area (Å²) >= 11 is 0. The van der Waals surface area contributed by atoms with Crippen molar-refractivity contribution in [2.45, 2.75) is 6.92 Å². The Labute approximate surface area is 89.7 Å². The molecule has 0 spiro atoms. The second kappa shape index (κ2) is 2.88. The molecule has 0 unspecified atom stereocenters. The van der Waals surface area contributed by atoms with Gasteiger partial charge in [-0.2, -0.15) is 0 Å². The molecule has 0 aliphatic heterocycles. The molecule has 3 rings (SSSR count). The predicted octanol–water partition coefficient (Wildman–Crippen LogP) is 2.55. The van der Waals surface area contributed by atoms with Crippen molar-refractivity contribution in [1.82, 2.24) is 0 Å². The molecule has 2 heterocycles. The van der Waals surface area contributed by atoms with Crippen LogP contribution in [0.4, 0.5) is 0 Å². The molecule has 0 aliphatic rings. The molecule has 2 aromatic heterocycles. The van der Waals surface area contributed by atoms with Crippen LogP contribution in [-0.2, 0) is 0 Å². The summed E-state index contributed by atoms with van der Waals surface area (Å²) in [6, 6.07) is 4.74. The van der Waals surface area contributed by atoms with Gasteiger partial charge in [0.1, 0.15) is 5.76 Å². The summed E-state index contributed by atoms with van der Waals surface area (Å²) in [7, 11) is 0. The highest BCUT2D eigenvalue weighted by molar-refractivity contribution is 5.99. The fourth-order valence-corrected chi connectivity index (χ4v) is 1.82. The van der Waals surface area contributed by atoms with Crippen LogP contribution in [0.5, 0.6) is 5.75 Å². The van der Waals surface area contributed by atoms with E-state index in [1.807, 2.05) is 0 Å². The van der Waals surface area contributed by atoms with E-state index in [4.69, 9.17) is 8.83 Å². The Morgan fingerprint density at radius 2 is 2.06 bits per heavy atom. The summed E-state index contributed by atoms with van der Waals surface area (Å²) in [6.07, 6.45) is 1.46. The Bertz CT molecular complexity index is 749. The van der Waals surface area contributed by atoms with Crippen LogP contribution >= 0.6 is 0 Å². The van der Waals surface area contributed by atoms with Gasteiger partial charge < -0.3 is 13.9 Å². The SMILES string of the molecule is Cc1cc(=O)c2cc3ccoc3c(O)c2o1. The Morgan fingerprint density at radius 3 is 2.88 bits per heavy atom. The molecule has 16 heavy (non-hydrogen) atoms. The fraction of sp³-hybridized carbons (Fsp3) is 0.0833. The van der Waals surface area contributed by atoms with E-state index < -0.39 is 0 Å². The molecule has 0 bridgehead atoms. The molecule has 0 aliphatic carbocycles. The maximum absolute atomic E-state index is 11.7. The quantitative estimate of drug-likeness (QED) is 0.627. The summed E-state index contributed by atoms with van der Waals surface area (Å²) in [5.74, 6) is 0.331. The number of phenols is 1. The van der Waals surface area contributed by atoms with Crippen LogP contribution < -0.4 is 5.43 Å². The van der Waals surface area contributed by atoms with Crippen molar-refractivity contribution < 1.29 is 13.9 Å². The lowest BCUT2D eigenvalue weighted by molar-refractivity contribution is 0.450. The van der Waals surface area contributed by atoms with Gasteiger partial charge >= 0.3 is 0 Å². The number of hydrogen-bond donors (Lipinski definition) is 1. The Kier molecular flexibility index (Phi) is 1.63. The third-order valence-corrected chi connectivity index (χ3v) is 2.53. The van der Waals surface area contributed by atoms with E-state index in [2.05, 4.69) is 0 Å². The molecule has 1 N–H and O–H groups in total. The van der Waals surface area contributed by atoms with Crippen molar-refractivity contribution in [3.05, 3.63) is 40.4 Å². The zero-order valence-corrected chi connectivity index (χ0v) is 8.48. The lowest BCUT2D eigenvalue weighted by Gasteiger charge is -2.01. The predicted molar refractivity (Wildman–Crippen MR) is 58.7 cm³/mol. The van der Waals surface area contributed by atoms with E-state index in [9.17, 15) is 9.90 Å². The van der Waals surface area contributed by atoms with Gasteiger partial charge in [0.15, 0.2) is 16.6 Å². The first-order valence-corrected chi connectivity index (χ1v) is 4.80. The third-order valence-electron chi connectivity index (χ3n) is 2.53. The number of benzene rings is 1. The van der Waals surface area contributed by atoms with Gasteiger partial charge in [0.05, 0.1) is 11.6 Å². The third kappa shape index (κ3) is 1.07. The zero-order valence-electron chi connectivity index (χ0n) is 8.48. The Morgan fingerprint density at radius 1 is 1.25 bits per heavy atom. The highest BCUT2D eigenvalue weighted by atomic mass is 16.4. The first-order chi connectivity index (χ1) is 7.66. The molecule has 1 aromatic carbocycles. The van der Waals surface area contributed by atoms with Crippen LogP contribution in [-0.4, -0.2) is 5.11 Å². The van der Waals surface area contributed by atoms with E-state index in [1.54, 1.807) is 19.1 Å². The second-order valence-electron chi connectivity index (χ2n) is 3.66. The lowest BCUT2D eigenvalue weighted by Crippen LogP contribution is -2.00. The van der Waals surface area contributed by atoms with Gasteiger partial charge in [-0.15, -0.1) is 0 Å². The maximum Gasteiger partial charge on any atom is 0.203 e. The van der Waals surface area contributed by atoms with Crippen LogP contribution in [0, 0.1) is 6.92 Å². The highest BCUT2D eigenvalue weighted by Crippen LogP contribution is 2.33. The number of fused-ring (bicyclic) bond motifs is 2. The first kappa shape index (κ1) is 9.03. The number of hydrogen-bond acceptors (Lipinski definition) is 4. The molecule has 0 saturated carbocycles. The van der Waals surface area contributed by atoms with E-state index in [1.165, 1.54) is 12.3 Å². The van der Waals surface area contributed by atoms with E-state index >= 15 is 0 Å². The van der Waals surface area contributed by atoms with Crippen LogP contribution in [0.2, 0.25) is 0 Å². The zero-order chi connectivity index (χ0) is 11.3. The summed E-state index contributed by atoms with van der Waals surface area (Å²) in [5.41, 5.74) is 0.339. The minimum Gasteiger partial charge on any atom is -0.502 e. The van der Waals surface area contributed by atoms with Gasteiger partial charge in [-0.3, -0.25) is 4.79 Å². The number of aromatic hydroxyl groups is 1. The van der Waals surface area contributed by atoms with E-state index in [-0.39, 0.29) is 16.8 Å². The molecule has 80 valence electrons. The van der Waals surface area contributed by atoms with Crippen molar-refractivity contribution in [2.75, 3.05) is 0 Å². The minimum absolute atomic E-state index is 0.127. The summed E-state index contributed by atoms with van der Waals surface area (Å²) in [5, 5.41) is 11.0. The largest absolute Gasteiger partial charge is 0.502 e. The lowest BCUT2D eigenvalue weighted by atomic mass is 10.1. The van der Waals surface area contributed by atoms with Crippen LogP contribution in [0.3, 0.4) is 0 Å². The normalized spacial score (nSPS) is 11.3. The highest BCUT2D eigenvalue weighted by Gasteiger charge is 2.13. The maximum atomic E-state index is 11.7. The second-order valence-corrected chi connectivity index (χ2v) is 3.66. The van der Waals surface area contributed by atoms with E-state index in [0.29, 0.717) is 22.1 Å². The van der Waals surface area contributed by atoms with Gasteiger partial charge in [-0.05, 0) is 19.1 Å². The number of aryl methyl sites for hydroxylation is 1. The summed E-state index contributed by atoms with van der Waals surface area (Å²) in [6.45, 7) is 1.66. The van der Waals surface area contributed by atoms with Crippen LogP contribution in [0.15, 0.2) is 38.1 Å². The van der Waals surface area contributed by atoms with Crippen molar-refractivity contribution >= 4 is 21.9 Å². The molecule has 0 radical (unpaired) electrons. The van der Waals surface area contributed by atoms with Crippen molar-refractivity contribution in [3.63, 3.8) is 0 Å². The standard InChI is InChI=1S/C12H8O4/c1-6-4-9(13)8-5-7-2-3-15-11(7)10(14)12(8)16-6/h2-5,14H,1H3. The minimum atomic E-state index is -0.169. The van der Waals surface area contributed by atoms with Gasteiger partial charge in [0, 0.05) is 11.5 Å². The van der Waals surface area contributed by atoms with Crippen molar-refractivity contribution in [1.29, 1.82) is 0 Å². The van der Waals surface area contributed by atoms with Crippen LogP contribution in [0.25, 0.3) is 21.9 Å². The fourth-order valence-electron chi connectivity index (χ4n) is 1.82. The van der Waals surface area contributed by atoms with Crippen molar-refractivity contribution in [3.8, 4) is 5.75 Å². The molecule has 4 heteroatoms. The number of phenolic OH excluding ortho intramolecular Hbond substituents is 1. The monoisotopic (exact) mass is 216 g/mol. The molecular formula is C12H8O4. The molecule has 3 aromatic rings. The Hall–Kier alpha value is -2.23. The molecule has 0 fully saturated rings. The van der Waals surface area contributed by atoms with Gasteiger partial charge in [-0.25, -0.2) is 0 Å². The van der Waals surface area contributed by atoms with Gasteiger partial charge in [0.2, 0.25) is 5.75 Å². The van der Waals surface area contributed by atoms with E-state index in [0.717, 1.165) is 0 Å². The summed E-state index contributed by atoms with van der Waals surface area (Å²) < 4.78 is 10.5. The number of rotatable bonds is 0. The summed E-state index contributed by atoms with van der Waals surface area (Å²) in [4.78, 5) is 11.7. The van der Waals surface area contributed by atoms with Gasteiger partial charge in [0.25, 0.3) is 0 Å².